The van der Waals surface area contributed by atoms with Crippen LogP contribution in [0.15, 0.2) is 224 Å². The molecule has 3 aromatic heterocycles. The minimum atomic E-state index is 0.699. The summed E-state index contributed by atoms with van der Waals surface area (Å²) in [5.74, 6) is 0.699. The minimum absolute atomic E-state index is 0.699. The van der Waals surface area contributed by atoms with Gasteiger partial charge in [-0.2, -0.15) is 0 Å². The highest BCUT2D eigenvalue weighted by Gasteiger charge is 2.23. The molecule has 0 aliphatic rings. The van der Waals surface area contributed by atoms with Gasteiger partial charge in [0.2, 0.25) is 0 Å². The molecule has 0 radical (unpaired) electrons. The van der Waals surface area contributed by atoms with Gasteiger partial charge in [0.05, 0.1) is 22.6 Å². The molecule has 0 atom stereocenters. The summed E-state index contributed by atoms with van der Waals surface area (Å²) in [7, 11) is 0. The third kappa shape index (κ3) is 6.99. The first-order valence-corrected chi connectivity index (χ1v) is 21.3. The van der Waals surface area contributed by atoms with E-state index in [9.17, 15) is 0 Å². The first-order valence-electron chi connectivity index (χ1n) is 20.5. The van der Waals surface area contributed by atoms with Gasteiger partial charge in [0, 0.05) is 48.2 Å². The largest absolute Gasteiger partial charge is 0.247 e. The lowest BCUT2D eigenvalue weighted by Gasteiger charge is -2.12. The Morgan fingerprint density at radius 3 is 1.30 bits per heavy atom. The fourth-order valence-corrected chi connectivity index (χ4v) is 9.62. The summed E-state index contributed by atoms with van der Waals surface area (Å²) in [5, 5.41) is 2.34. The number of benzene rings is 8. The van der Waals surface area contributed by atoms with Crippen LogP contribution in [0.25, 0.3) is 110 Å². The smallest absolute Gasteiger partial charge is 0.160 e. The maximum absolute atomic E-state index is 5.51. The highest BCUT2D eigenvalue weighted by atomic mass is 32.1. The SMILES string of the molecule is c1ccc(-c2ccc(-c3cc(-c4ccc(-c5ccc6c(c5)nc(-c5ccccc5)c5c(-c7ccccc7)c(-c7ccccc7)sc56)cc4)nc(-c4ccccc4)n3)cc2)cc1. The van der Waals surface area contributed by atoms with Crippen LogP contribution in [0.5, 0.6) is 0 Å². The maximum atomic E-state index is 5.51. The number of rotatable bonds is 8. The van der Waals surface area contributed by atoms with Crippen molar-refractivity contribution in [3.05, 3.63) is 224 Å². The van der Waals surface area contributed by atoms with Crippen LogP contribution >= 0.6 is 11.3 Å². The number of thiophene rings is 1. The molecule has 11 aromatic rings. The molecule has 0 aliphatic carbocycles. The van der Waals surface area contributed by atoms with E-state index in [2.05, 4.69) is 200 Å². The Morgan fingerprint density at radius 1 is 0.311 bits per heavy atom. The number of hydrogen-bond acceptors (Lipinski definition) is 4. The third-order valence-electron chi connectivity index (χ3n) is 11.3. The quantitative estimate of drug-likeness (QED) is 0.154. The van der Waals surface area contributed by atoms with Crippen LogP contribution in [0.2, 0.25) is 0 Å². The number of pyridine rings is 1. The summed E-state index contributed by atoms with van der Waals surface area (Å²) in [6.07, 6.45) is 0. The van der Waals surface area contributed by atoms with Crippen LogP contribution in [-0.4, -0.2) is 15.0 Å². The number of nitrogens with zero attached hydrogens (tertiary/aromatic N) is 3. The molecule has 0 saturated carbocycles. The van der Waals surface area contributed by atoms with Crippen molar-refractivity contribution in [2.45, 2.75) is 0 Å². The zero-order chi connectivity index (χ0) is 40.5. The van der Waals surface area contributed by atoms with Gasteiger partial charge in [0.15, 0.2) is 5.82 Å². The molecule has 0 bridgehead atoms. The Labute approximate surface area is 359 Å². The van der Waals surface area contributed by atoms with Crippen molar-refractivity contribution >= 4 is 32.3 Å². The predicted octanol–water partition coefficient (Wildman–Crippen LogP) is 15.6. The van der Waals surface area contributed by atoms with Gasteiger partial charge in [-0.05, 0) is 45.5 Å². The van der Waals surface area contributed by atoms with Gasteiger partial charge in [-0.1, -0.05) is 212 Å². The molecule has 3 heterocycles. The van der Waals surface area contributed by atoms with E-state index < -0.39 is 0 Å². The number of hydrogen-bond donors (Lipinski definition) is 0. The standard InChI is InChI=1S/C57H37N3S/c1-6-16-38(17-7-1)39-26-30-41(31-27-39)49-37-50(60-57(59-49)46-24-14-5-15-25-46)42-32-28-40(29-33-42)47-34-35-48-51(36-47)58-54(44-20-10-3-11-21-44)53-52(43-18-8-2-9-19-43)55(61-56(48)53)45-22-12-4-13-23-45/h1-37H. The lowest BCUT2D eigenvalue weighted by Crippen LogP contribution is -1.96. The minimum Gasteiger partial charge on any atom is -0.247 e. The van der Waals surface area contributed by atoms with Crippen LogP contribution in [0, 0.1) is 0 Å². The van der Waals surface area contributed by atoms with E-state index in [1.54, 1.807) is 0 Å². The normalized spacial score (nSPS) is 11.3. The van der Waals surface area contributed by atoms with Crippen LogP contribution in [-0.2, 0) is 0 Å². The maximum Gasteiger partial charge on any atom is 0.160 e. The van der Waals surface area contributed by atoms with E-state index in [4.69, 9.17) is 15.0 Å². The second-order valence-corrected chi connectivity index (χ2v) is 16.2. The van der Waals surface area contributed by atoms with Gasteiger partial charge in [-0.15, -0.1) is 11.3 Å². The van der Waals surface area contributed by atoms with Crippen LogP contribution in [0.4, 0.5) is 0 Å². The molecule has 0 unspecified atom stereocenters. The average molecular weight is 796 g/mol. The van der Waals surface area contributed by atoms with E-state index in [1.165, 1.54) is 42.8 Å². The summed E-state index contributed by atoms with van der Waals surface area (Å²) in [4.78, 5) is 16.9. The first-order chi connectivity index (χ1) is 30.2. The lowest BCUT2D eigenvalue weighted by atomic mass is 9.94. The fraction of sp³-hybridized carbons (Fsp3) is 0. The van der Waals surface area contributed by atoms with Crippen LogP contribution < -0.4 is 0 Å². The summed E-state index contributed by atoms with van der Waals surface area (Å²) in [6, 6.07) is 79.0. The molecule has 286 valence electrons. The van der Waals surface area contributed by atoms with E-state index in [0.29, 0.717) is 5.82 Å². The second-order valence-electron chi connectivity index (χ2n) is 15.1. The van der Waals surface area contributed by atoms with Gasteiger partial charge >= 0.3 is 0 Å². The van der Waals surface area contributed by atoms with Gasteiger partial charge in [-0.3, -0.25) is 0 Å². The molecule has 0 N–H and O–H groups in total. The van der Waals surface area contributed by atoms with Crippen molar-refractivity contribution < 1.29 is 0 Å². The van der Waals surface area contributed by atoms with Crippen molar-refractivity contribution in [2.75, 3.05) is 0 Å². The third-order valence-corrected chi connectivity index (χ3v) is 12.6. The van der Waals surface area contributed by atoms with E-state index in [0.717, 1.165) is 61.4 Å². The van der Waals surface area contributed by atoms with E-state index >= 15 is 0 Å². The van der Waals surface area contributed by atoms with Gasteiger partial charge in [-0.25, -0.2) is 15.0 Å². The summed E-state index contributed by atoms with van der Waals surface area (Å²) >= 11 is 1.86. The molecule has 0 aliphatic heterocycles. The molecule has 0 fully saturated rings. The molecule has 0 saturated heterocycles. The van der Waals surface area contributed by atoms with E-state index in [-0.39, 0.29) is 0 Å². The molecule has 4 heteroatoms. The van der Waals surface area contributed by atoms with Crippen molar-refractivity contribution in [1.29, 1.82) is 0 Å². The molecule has 8 aromatic carbocycles. The second kappa shape index (κ2) is 15.8. The highest BCUT2D eigenvalue weighted by molar-refractivity contribution is 7.24. The molecule has 61 heavy (non-hydrogen) atoms. The van der Waals surface area contributed by atoms with Crippen molar-refractivity contribution in [3.8, 4) is 89.0 Å². The molecule has 11 rings (SSSR count). The summed E-state index contributed by atoms with van der Waals surface area (Å²) in [6.45, 7) is 0. The Kier molecular flexibility index (Phi) is 9.38. The molecule has 3 nitrogen and oxygen atoms in total. The highest BCUT2D eigenvalue weighted by Crippen LogP contribution is 2.50. The summed E-state index contributed by atoms with van der Waals surface area (Å²) in [5.41, 5.74) is 16.1. The van der Waals surface area contributed by atoms with Crippen molar-refractivity contribution in [3.63, 3.8) is 0 Å². The number of fused-ring (bicyclic) bond motifs is 3. The van der Waals surface area contributed by atoms with E-state index in [1.807, 2.05) is 35.6 Å². The Hall–Kier alpha value is -7.79. The topological polar surface area (TPSA) is 38.7 Å². The predicted molar refractivity (Wildman–Crippen MR) is 256 cm³/mol. The molecular weight excluding hydrogens is 759 g/mol. The number of aromatic nitrogens is 3. The Balaban J connectivity index is 1.01. The van der Waals surface area contributed by atoms with Gasteiger partial charge < -0.3 is 0 Å². The average Bonchev–Trinajstić information content (AvgIpc) is 3.76. The summed E-state index contributed by atoms with van der Waals surface area (Å²) < 4.78 is 1.24. The van der Waals surface area contributed by atoms with Gasteiger partial charge in [0.1, 0.15) is 0 Å². The zero-order valence-electron chi connectivity index (χ0n) is 33.1. The van der Waals surface area contributed by atoms with Crippen molar-refractivity contribution in [1.82, 2.24) is 15.0 Å². The monoisotopic (exact) mass is 795 g/mol. The van der Waals surface area contributed by atoms with Crippen LogP contribution in [0.3, 0.4) is 0 Å². The fourth-order valence-electron chi connectivity index (χ4n) is 8.25. The van der Waals surface area contributed by atoms with Crippen LogP contribution in [0.1, 0.15) is 0 Å². The molecular formula is C57H37N3S. The lowest BCUT2D eigenvalue weighted by molar-refractivity contribution is 1.18. The Morgan fingerprint density at radius 2 is 0.738 bits per heavy atom. The van der Waals surface area contributed by atoms with Gasteiger partial charge in [0.25, 0.3) is 0 Å². The van der Waals surface area contributed by atoms with Crippen molar-refractivity contribution in [2.24, 2.45) is 0 Å². The first kappa shape index (κ1) is 36.3. The molecule has 0 spiro atoms. The Bertz CT molecular complexity index is 3290. The zero-order valence-corrected chi connectivity index (χ0v) is 33.9. The molecule has 0 amide bonds.